The van der Waals surface area contributed by atoms with Crippen LogP contribution < -0.4 is 15.4 Å². The summed E-state index contributed by atoms with van der Waals surface area (Å²) >= 11 is 0. The van der Waals surface area contributed by atoms with Gasteiger partial charge in [-0.05, 0) is 18.2 Å². The van der Waals surface area contributed by atoms with E-state index in [1.54, 1.807) is 25.5 Å². The summed E-state index contributed by atoms with van der Waals surface area (Å²) in [6.45, 7) is 0. The predicted molar refractivity (Wildman–Crippen MR) is 65.7 cm³/mol. The second kappa shape index (κ2) is 4.10. The molecule has 3 rings (SSSR count). The van der Waals surface area contributed by atoms with Gasteiger partial charge in [0.05, 0.1) is 19.1 Å². The molecule has 1 aromatic carbocycles. The number of amides is 2. The second-order valence-electron chi connectivity index (χ2n) is 4.00. The van der Waals surface area contributed by atoms with E-state index < -0.39 is 0 Å². The van der Waals surface area contributed by atoms with E-state index in [-0.39, 0.29) is 12.1 Å². The minimum absolute atomic E-state index is 0.253. The van der Waals surface area contributed by atoms with Crippen molar-refractivity contribution in [3.63, 3.8) is 0 Å². The van der Waals surface area contributed by atoms with Crippen LogP contribution in [0.1, 0.15) is 17.4 Å². The van der Waals surface area contributed by atoms with E-state index in [0.29, 0.717) is 11.5 Å². The number of carbonyl (C=O) groups excluding carboxylic acids is 1. The van der Waals surface area contributed by atoms with Crippen LogP contribution in [0.2, 0.25) is 0 Å². The number of fused-ring (bicyclic) bond motifs is 1. The molecule has 0 saturated carbocycles. The third kappa shape index (κ3) is 1.69. The van der Waals surface area contributed by atoms with Crippen molar-refractivity contribution in [1.82, 2.24) is 5.32 Å². The fourth-order valence-corrected chi connectivity index (χ4v) is 2.07. The molecular formula is C13H12N2O3. The first kappa shape index (κ1) is 10.7. The van der Waals surface area contributed by atoms with Crippen LogP contribution in [0.5, 0.6) is 5.75 Å². The van der Waals surface area contributed by atoms with Gasteiger partial charge in [0.15, 0.2) is 0 Å². The predicted octanol–water partition coefficient (Wildman–Crippen LogP) is 2.51. The van der Waals surface area contributed by atoms with E-state index in [2.05, 4.69) is 10.6 Å². The third-order valence-corrected chi connectivity index (χ3v) is 2.92. The highest BCUT2D eigenvalue weighted by Gasteiger charge is 2.27. The number of carbonyl (C=O) groups is 1. The lowest BCUT2D eigenvalue weighted by Gasteiger charge is -2.26. The van der Waals surface area contributed by atoms with Gasteiger partial charge < -0.3 is 19.8 Å². The molecule has 1 unspecified atom stereocenters. The summed E-state index contributed by atoms with van der Waals surface area (Å²) in [6.07, 6.45) is 1.59. The van der Waals surface area contributed by atoms with Crippen molar-refractivity contribution in [3.8, 4) is 5.75 Å². The van der Waals surface area contributed by atoms with E-state index in [0.717, 1.165) is 11.3 Å². The first-order valence-corrected chi connectivity index (χ1v) is 5.57. The average molecular weight is 244 g/mol. The van der Waals surface area contributed by atoms with Gasteiger partial charge in [-0.3, -0.25) is 0 Å². The van der Waals surface area contributed by atoms with Gasteiger partial charge in [-0.2, -0.15) is 0 Å². The van der Waals surface area contributed by atoms with Gasteiger partial charge in [-0.15, -0.1) is 0 Å². The zero-order valence-electron chi connectivity index (χ0n) is 9.77. The first-order chi connectivity index (χ1) is 8.78. The molecule has 5 nitrogen and oxygen atoms in total. The van der Waals surface area contributed by atoms with Crippen molar-refractivity contribution in [2.75, 3.05) is 12.4 Å². The normalized spacial score (nSPS) is 17.6. The molecule has 0 spiro atoms. The molecule has 92 valence electrons. The molecule has 5 heteroatoms. The van der Waals surface area contributed by atoms with Crippen molar-refractivity contribution >= 4 is 11.7 Å². The van der Waals surface area contributed by atoms with Gasteiger partial charge in [0, 0.05) is 11.6 Å². The number of hydrogen-bond donors (Lipinski definition) is 2. The van der Waals surface area contributed by atoms with E-state index >= 15 is 0 Å². The van der Waals surface area contributed by atoms with E-state index in [9.17, 15) is 4.79 Å². The fraction of sp³-hybridized carbons (Fsp3) is 0.154. The fourth-order valence-electron chi connectivity index (χ4n) is 2.07. The lowest BCUT2D eigenvalue weighted by molar-refractivity contribution is 0.247. The van der Waals surface area contributed by atoms with E-state index in [1.165, 1.54) is 0 Å². The first-order valence-electron chi connectivity index (χ1n) is 5.57. The number of ether oxygens (including phenoxy) is 1. The number of anilines is 1. The Morgan fingerprint density at radius 2 is 2.22 bits per heavy atom. The Morgan fingerprint density at radius 3 is 2.94 bits per heavy atom. The Bertz CT molecular complexity index is 578. The lowest BCUT2D eigenvalue weighted by atomic mass is 10.0. The van der Waals surface area contributed by atoms with Gasteiger partial charge in [-0.1, -0.05) is 6.07 Å². The Balaban J connectivity index is 2.08. The maximum atomic E-state index is 11.6. The van der Waals surface area contributed by atoms with Crippen LogP contribution in [0, 0.1) is 0 Å². The molecule has 1 aromatic heterocycles. The van der Waals surface area contributed by atoms with Gasteiger partial charge in [0.25, 0.3) is 0 Å². The maximum absolute atomic E-state index is 11.6. The quantitative estimate of drug-likeness (QED) is 0.853. The van der Waals surface area contributed by atoms with Crippen LogP contribution in [0.4, 0.5) is 10.5 Å². The largest absolute Gasteiger partial charge is 0.497 e. The van der Waals surface area contributed by atoms with E-state index in [1.807, 2.05) is 18.2 Å². The number of hydrogen-bond acceptors (Lipinski definition) is 3. The molecule has 0 aliphatic carbocycles. The molecular weight excluding hydrogens is 232 g/mol. The molecule has 1 aliphatic heterocycles. The summed E-state index contributed by atoms with van der Waals surface area (Å²) in [5, 5.41) is 5.58. The second-order valence-corrected chi connectivity index (χ2v) is 4.00. The molecule has 0 saturated heterocycles. The molecule has 18 heavy (non-hydrogen) atoms. The van der Waals surface area contributed by atoms with E-state index in [4.69, 9.17) is 9.15 Å². The Kier molecular flexibility index (Phi) is 2.44. The van der Waals surface area contributed by atoms with Gasteiger partial charge >= 0.3 is 6.03 Å². The standard InChI is InChI=1S/C13H12N2O3/c1-17-8-4-5-9-10(7-8)14-13(16)15-12(9)11-3-2-6-18-11/h2-7,12H,1H3,(H2,14,15,16). The molecule has 2 N–H and O–H groups in total. The van der Waals surface area contributed by atoms with Crippen LogP contribution in [0.3, 0.4) is 0 Å². The van der Waals surface area contributed by atoms with Crippen molar-refractivity contribution in [3.05, 3.63) is 47.9 Å². The molecule has 0 radical (unpaired) electrons. The topological polar surface area (TPSA) is 63.5 Å². The highest BCUT2D eigenvalue weighted by molar-refractivity contribution is 5.93. The number of nitrogens with one attached hydrogen (secondary N) is 2. The summed E-state index contributed by atoms with van der Waals surface area (Å²) in [4.78, 5) is 11.6. The maximum Gasteiger partial charge on any atom is 0.320 e. The average Bonchev–Trinajstić information content (AvgIpc) is 2.90. The minimum Gasteiger partial charge on any atom is -0.497 e. The van der Waals surface area contributed by atoms with Crippen LogP contribution in [0.15, 0.2) is 41.0 Å². The Morgan fingerprint density at radius 1 is 1.33 bits per heavy atom. The van der Waals surface area contributed by atoms with Crippen LogP contribution >= 0.6 is 0 Å². The van der Waals surface area contributed by atoms with Crippen molar-refractivity contribution in [1.29, 1.82) is 0 Å². The molecule has 2 amide bonds. The summed E-state index contributed by atoms with van der Waals surface area (Å²) in [5.41, 5.74) is 1.69. The number of rotatable bonds is 2. The molecule has 2 aromatic rings. The third-order valence-electron chi connectivity index (χ3n) is 2.92. The molecule has 1 atom stereocenters. The van der Waals surface area contributed by atoms with Crippen molar-refractivity contribution in [2.45, 2.75) is 6.04 Å². The van der Waals surface area contributed by atoms with Crippen LogP contribution in [-0.2, 0) is 0 Å². The van der Waals surface area contributed by atoms with Crippen molar-refractivity contribution in [2.24, 2.45) is 0 Å². The molecule has 1 aliphatic rings. The molecule has 0 bridgehead atoms. The smallest absolute Gasteiger partial charge is 0.320 e. The zero-order chi connectivity index (χ0) is 12.5. The Labute approximate surface area is 104 Å². The minimum atomic E-state index is -0.269. The van der Waals surface area contributed by atoms with Crippen LogP contribution in [-0.4, -0.2) is 13.1 Å². The molecule has 2 heterocycles. The Hall–Kier alpha value is -2.43. The molecule has 0 fully saturated rings. The number of urea groups is 1. The summed E-state index contributed by atoms with van der Waals surface area (Å²) in [7, 11) is 1.59. The zero-order valence-corrected chi connectivity index (χ0v) is 9.77. The summed E-state index contributed by atoms with van der Waals surface area (Å²) < 4.78 is 10.5. The summed E-state index contributed by atoms with van der Waals surface area (Å²) in [6, 6.07) is 8.68. The number of furan rings is 1. The van der Waals surface area contributed by atoms with Gasteiger partial charge in [-0.25, -0.2) is 4.79 Å². The highest BCUT2D eigenvalue weighted by atomic mass is 16.5. The number of methoxy groups -OCH3 is 1. The number of benzene rings is 1. The SMILES string of the molecule is COc1ccc2c(c1)NC(=O)NC2c1ccco1. The van der Waals surface area contributed by atoms with Gasteiger partial charge in [0.1, 0.15) is 17.6 Å². The monoisotopic (exact) mass is 244 g/mol. The lowest BCUT2D eigenvalue weighted by Crippen LogP contribution is -2.38. The summed E-state index contributed by atoms with van der Waals surface area (Å²) in [5.74, 6) is 1.41. The van der Waals surface area contributed by atoms with Crippen LogP contribution in [0.25, 0.3) is 0 Å². The van der Waals surface area contributed by atoms with Gasteiger partial charge in [0.2, 0.25) is 0 Å². The highest BCUT2D eigenvalue weighted by Crippen LogP contribution is 2.34. The van der Waals surface area contributed by atoms with Crippen molar-refractivity contribution < 1.29 is 13.9 Å².